The minimum atomic E-state index is -0.118. The van der Waals surface area contributed by atoms with Crippen molar-refractivity contribution in [3.8, 4) is 0 Å². The van der Waals surface area contributed by atoms with Gasteiger partial charge in [0, 0.05) is 13.0 Å². The number of rotatable bonds is 6. The first-order chi connectivity index (χ1) is 7.65. The number of ketones is 1. The minimum Gasteiger partial charge on any atom is -0.370 e. The fourth-order valence-electron chi connectivity index (χ4n) is 2.63. The highest BCUT2D eigenvalue weighted by Gasteiger charge is 2.29. The summed E-state index contributed by atoms with van der Waals surface area (Å²) in [6.07, 6.45) is 6.76. The second-order valence-corrected chi connectivity index (χ2v) is 5.34. The summed E-state index contributed by atoms with van der Waals surface area (Å²) in [5, 5.41) is 0. The van der Waals surface area contributed by atoms with Gasteiger partial charge >= 0.3 is 0 Å². The first kappa shape index (κ1) is 13.7. The number of hydrogen-bond donors (Lipinski definition) is 0. The van der Waals surface area contributed by atoms with E-state index >= 15 is 0 Å². The molecule has 1 unspecified atom stereocenters. The zero-order valence-corrected chi connectivity index (χ0v) is 11.0. The van der Waals surface area contributed by atoms with Gasteiger partial charge in [-0.15, -0.1) is 0 Å². The predicted molar refractivity (Wildman–Crippen MR) is 66.5 cm³/mol. The van der Waals surface area contributed by atoms with Crippen LogP contribution in [0.3, 0.4) is 0 Å². The van der Waals surface area contributed by atoms with Crippen molar-refractivity contribution in [2.24, 2.45) is 11.8 Å². The van der Waals surface area contributed by atoms with Gasteiger partial charge in [0.1, 0.15) is 6.10 Å². The summed E-state index contributed by atoms with van der Waals surface area (Å²) in [5.74, 6) is 1.25. The van der Waals surface area contributed by atoms with Crippen LogP contribution in [0.5, 0.6) is 0 Å². The lowest BCUT2D eigenvalue weighted by atomic mass is 9.82. The summed E-state index contributed by atoms with van der Waals surface area (Å²) in [4.78, 5) is 12.1. The van der Waals surface area contributed by atoms with Crippen LogP contribution in [-0.4, -0.2) is 18.5 Å². The molecular weight excluding hydrogens is 200 g/mol. The van der Waals surface area contributed by atoms with E-state index in [-0.39, 0.29) is 6.10 Å². The predicted octanol–water partition coefficient (Wildman–Crippen LogP) is 3.59. The Morgan fingerprint density at radius 2 is 1.88 bits per heavy atom. The molecule has 2 heteroatoms. The third-order valence-corrected chi connectivity index (χ3v) is 3.35. The highest BCUT2D eigenvalue weighted by Crippen LogP contribution is 2.29. The van der Waals surface area contributed by atoms with Crippen LogP contribution in [0.4, 0.5) is 0 Å². The molecule has 1 aliphatic rings. The molecule has 0 aromatic carbocycles. The molecule has 1 saturated carbocycles. The number of Topliss-reactive ketones (excluding diaryl/α,β-unsaturated/α-hetero) is 1. The van der Waals surface area contributed by atoms with Crippen molar-refractivity contribution in [3.05, 3.63) is 0 Å². The van der Waals surface area contributed by atoms with Crippen LogP contribution in [0.2, 0.25) is 0 Å². The van der Waals surface area contributed by atoms with E-state index in [1.54, 1.807) is 0 Å². The molecule has 0 spiro atoms. The van der Waals surface area contributed by atoms with Crippen molar-refractivity contribution >= 4 is 5.78 Å². The summed E-state index contributed by atoms with van der Waals surface area (Å²) in [7, 11) is 0. The van der Waals surface area contributed by atoms with E-state index in [4.69, 9.17) is 4.74 Å². The van der Waals surface area contributed by atoms with Gasteiger partial charge in [-0.1, -0.05) is 33.1 Å². The van der Waals surface area contributed by atoms with Crippen molar-refractivity contribution in [2.45, 2.75) is 65.4 Å². The Labute approximate surface area is 99.8 Å². The summed E-state index contributed by atoms with van der Waals surface area (Å²) in [6.45, 7) is 6.84. The first-order valence-electron chi connectivity index (χ1n) is 6.79. The van der Waals surface area contributed by atoms with Crippen LogP contribution in [0, 0.1) is 11.8 Å². The van der Waals surface area contributed by atoms with E-state index in [9.17, 15) is 4.79 Å². The van der Waals surface area contributed by atoms with E-state index < -0.39 is 0 Å². The van der Waals surface area contributed by atoms with Crippen molar-refractivity contribution in [1.29, 1.82) is 0 Å². The SMILES string of the molecule is CCOC(C(=O)CC(C)C)C1CCCCC1. The van der Waals surface area contributed by atoms with Crippen LogP contribution in [0.1, 0.15) is 59.3 Å². The maximum absolute atomic E-state index is 12.1. The smallest absolute Gasteiger partial charge is 0.162 e. The summed E-state index contributed by atoms with van der Waals surface area (Å²) >= 11 is 0. The maximum atomic E-state index is 12.1. The van der Waals surface area contributed by atoms with Gasteiger partial charge < -0.3 is 4.74 Å². The van der Waals surface area contributed by atoms with Gasteiger partial charge in [-0.05, 0) is 31.6 Å². The zero-order chi connectivity index (χ0) is 12.0. The average Bonchev–Trinajstić information content (AvgIpc) is 2.26. The Bertz CT molecular complexity index is 205. The van der Waals surface area contributed by atoms with Crippen LogP contribution >= 0.6 is 0 Å². The topological polar surface area (TPSA) is 26.3 Å². The Morgan fingerprint density at radius 1 is 1.25 bits per heavy atom. The second-order valence-electron chi connectivity index (χ2n) is 5.34. The Kier molecular flexibility index (Phi) is 6.04. The van der Waals surface area contributed by atoms with E-state index in [0.717, 1.165) is 0 Å². The molecule has 0 amide bonds. The largest absolute Gasteiger partial charge is 0.370 e. The molecule has 1 fully saturated rings. The monoisotopic (exact) mass is 226 g/mol. The molecule has 0 radical (unpaired) electrons. The fraction of sp³-hybridized carbons (Fsp3) is 0.929. The molecular formula is C14H26O2. The Morgan fingerprint density at radius 3 is 2.38 bits per heavy atom. The van der Waals surface area contributed by atoms with E-state index in [0.29, 0.717) is 30.6 Å². The number of carbonyl (C=O) groups excluding carboxylic acids is 1. The first-order valence-corrected chi connectivity index (χ1v) is 6.79. The quantitative estimate of drug-likeness (QED) is 0.692. The molecule has 1 atom stereocenters. The number of carbonyl (C=O) groups is 1. The van der Waals surface area contributed by atoms with Gasteiger partial charge in [0.15, 0.2) is 5.78 Å². The van der Waals surface area contributed by atoms with E-state index in [1.165, 1.54) is 32.1 Å². The molecule has 0 aromatic rings. The van der Waals surface area contributed by atoms with Crippen molar-refractivity contribution in [3.63, 3.8) is 0 Å². The summed E-state index contributed by atoms with van der Waals surface area (Å²) in [6, 6.07) is 0. The Hall–Kier alpha value is -0.370. The van der Waals surface area contributed by atoms with Crippen molar-refractivity contribution in [1.82, 2.24) is 0 Å². The standard InChI is InChI=1S/C14H26O2/c1-4-16-14(13(15)10-11(2)3)12-8-6-5-7-9-12/h11-12,14H,4-10H2,1-3H3. The van der Waals surface area contributed by atoms with E-state index in [1.807, 2.05) is 6.92 Å². The third-order valence-electron chi connectivity index (χ3n) is 3.35. The normalized spacial score (nSPS) is 20.0. The minimum absolute atomic E-state index is 0.118. The highest BCUT2D eigenvalue weighted by atomic mass is 16.5. The average molecular weight is 226 g/mol. The van der Waals surface area contributed by atoms with Gasteiger partial charge in [-0.3, -0.25) is 4.79 Å². The molecule has 0 aromatic heterocycles. The molecule has 1 aliphatic carbocycles. The van der Waals surface area contributed by atoms with Crippen LogP contribution in [-0.2, 0) is 9.53 Å². The van der Waals surface area contributed by atoms with Crippen LogP contribution in [0.15, 0.2) is 0 Å². The molecule has 16 heavy (non-hydrogen) atoms. The lowest BCUT2D eigenvalue weighted by Gasteiger charge is -2.29. The zero-order valence-electron chi connectivity index (χ0n) is 11.0. The highest BCUT2D eigenvalue weighted by molar-refractivity contribution is 5.83. The molecule has 0 aliphatic heterocycles. The van der Waals surface area contributed by atoms with Gasteiger partial charge in [0.25, 0.3) is 0 Å². The fourth-order valence-corrected chi connectivity index (χ4v) is 2.63. The van der Waals surface area contributed by atoms with Crippen molar-refractivity contribution in [2.75, 3.05) is 6.61 Å². The lowest BCUT2D eigenvalue weighted by molar-refractivity contribution is -0.135. The third kappa shape index (κ3) is 4.25. The number of hydrogen-bond acceptors (Lipinski definition) is 2. The number of ether oxygens (including phenoxy) is 1. The molecule has 0 saturated heterocycles. The molecule has 0 N–H and O–H groups in total. The van der Waals surface area contributed by atoms with Crippen molar-refractivity contribution < 1.29 is 9.53 Å². The van der Waals surface area contributed by atoms with Gasteiger partial charge in [-0.2, -0.15) is 0 Å². The van der Waals surface area contributed by atoms with Gasteiger partial charge in [-0.25, -0.2) is 0 Å². The molecule has 1 rings (SSSR count). The van der Waals surface area contributed by atoms with Crippen LogP contribution < -0.4 is 0 Å². The van der Waals surface area contributed by atoms with Gasteiger partial charge in [0.2, 0.25) is 0 Å². The lowest BCUT2D eigenvalue weighted by Crippen LogP contribution is -2.34. The second kappa shape index (κ2) is 7.05. The molecule has 0 bridgehead atoms. The molecule has 2 nitrogen and oxygen atoms in total. The maximum Gasteiger partial charge on any atom is 0.162 e. The summed E-state index contributed by atoms with van der Waals surface area (Å²) < 4.78 is 5.69. The molecule has 94 valence electrons. The summed E-state index contributed by atoms with van der Waals surface area (Å²) in [5.41, 5.74) is 0. The Balaban J connectivity index is 2.53. The van der Waals surface area contributed by atoms with E-state index in [2.05, 4.69) is 13.8 Å². The van der Waals surface area contributed by atoms with Crippen LogP contribution in [0.25, 0.3) is 0 Å². The van der Waals surface area contributed by atoms with Gasteiger partial charge in [0.05, 0.1) is 0 Å². The molecule has 0 heterocycles.